The third-order valence-corrected chi connectivity index (χ3v) is 6.23. The normalized spacial score (nSPS) is 10.9. The number of aromatic nitrogens is 5. The monoisotopic (exact) mass is 498 g/mol. The van der Waals surface area contributed by atoms with E-state index in [0.29, 0.717) is 26.6 Å². The van der Waals surface area contributed by atoms with Crippen molar-refractivity contribution in [2.45, 2.75) is 31.3 Å². The van der Waals surface area contributed by atoms with Crippen LogP contribution in [0.3, 0.4) is 0 Å². The maximum absolute atomic E-state index is 13.0. The fraction of sp³-hybridized carbons (Fsp3) is 0.174. The van der Waals surface area contributed by atoms with E-state index in [-0.39, 0.29) is 18.1 Å². The zero-order valence-corrected chi connectivity index (χ0v) is 20.2. The van der Waals surface area contributed by atoms with Crippen molar-refractivity contribution in [2.24, 2.45) is 0 Å². The average Bonchev–Trinajstić information content (AvgIpc) is 3.21. The fourth-order valence-corrected chi connectivity index (χ4v) is 4.46. The van der Waals surface area contributed by atoms with E-state index in [1.54, 1.807) is 22.9 Å². The number of hydrogen-bond acceptors (Lipinski definition) is 6. The molecule has 0 saturated heterocycles. The summed E-state index contributed by atoms with van der Waals surface area (Å²) in [6.07, 6.45) is 0. The first-order valence-corrected chi connectivity index (χ1v) is 11.8. The molecular weight excluding hydrogens is 479 g/mol. The van der Waals surface area contributed by atoms with E-state index < -0.39 is 0 Å². The summed E-state index contributed by atoms with van der Waals surface area (Å²) in [5.74, 6) is 0.0555. The fourth-order valence-electron chi connectivity index (χ4n) is 3.19. The van der Waals surface area contributed by atoms with Crippen LogP contribution in [0.5, 0.6) is 0 Å². The largest absolute Gasteiger partial charge is 0.346 e. The molecular formula is C23H20Cl2N6OS. The second-order valence-corrected chi connectivity index (χ2v) is 9.06. The van der Waals surface area contributed by atoms with Gasteiger partial charge >= 0.3 is 0 Å². The molecule has 4 rings (SSSR count). The van der Waals surface area contributed by atoms with Gasteiger partial charge in [-0.3, -0.25) is 4.79 Å². The summed E-state index contributed by atoms with van der Waals surface area (Å²) in [5, 5.41) is 13.1. The lowest BCUT2D eigenvalue weighted by atomic mass is 10.2. The summed E-state index contributed by atoms with van der Waals surface area (Å²) in [4.78, 5) is 22.0. The zero-order chi connectivity index (χ0) is 23.4. The number of nitrogens with one attached hydrogen (secondary N) is 1. The van der Waals surface area contributed by atoms with E-state index in [9.17, 15) is 4.79 Å². The average molecular weight is 499 g/mol. The summed E-state index contributed by atoms with van der Waals surface area (Å²) in [6, 6.07) is 16.4. The Labute approximate surface area is 205 Å². The van der Waals surface area contributed by atoms with Crippen LogP contribution in [0.4, 0.5) is 0 Å². The molecule has 7 nitrogen and oxygen atoms in total. The second kappa shape index (κ2) is 10.3. The number of nitrogens with zero attached hydrogens (tertiary/aromatic N) is 5. The third kappa shape index (κ3) is 5.71. The highest BCUT2D eigenvalue weighted by Crippen LogP contribution is 2.24. The maximum Gasteiger partial charge on any atom is 0.274 e. The van der Waals surface area contributed by atoms with Gasteiger partial charge in [-0.05, 0) is 55.8 Å². The Kier molecular flexibility index (Phi) is 7.27. The molecule has 0 radical (unpaired) electrons. The van der Waals surface area contributed by atoms with Crippen LogP contribution < -0.4 is 5.32 Å². The minimum absolute atomic E-state index is 0.230. The van der Waals surface area contributed by atoms with Crippen LogP contribution in [0.1, 0.15) is 33.1 Å². The van der Waals surface area contributed by atoms with E-state index in [2.05, 4.69) is 25.6 Å². The van der Waals surface area contributed by atoms with Crippen molar-refractivity contribution in [1.82, 2.24) is 30.3 Å². The number of hydrogen-bond donors (Lipinski definition) is 1. The van der Waals surface area contributed by atoms with Crippen LogP contribution in [0.2, 0.25) is 10.0 Å². The molecule has 0 fully saturated rings. The van der Waals surface area contributed by atoms with Gasteiger partial charge in [0.1, 0.15) is 0 Å². The SMILES string of the molecule is Cc1cc(C)nc(SCc2c(C(=O)NCc3ccccc3Cl)nnn2-c2ccc(Cl)cc2)n1. The van der Waals surface area contributed by atoms with Crippen molar-refractivity contribution in [3.8, 4) is 5.69 Å². The molecule has 1 N–H and O–H groups in total. The molecule has 0 unspecified atom stereocenters. The summed E-state index contributed by atoms with van der Waals surface area (Å²) >= 11 is 13.7. The molecule has 0 spiro atoms. The van der Waals surface area contributed by atoms with Gasteiger partial charge in [-0.15, -0.1) is 5.10 Å². The van der Waals surface area contributed by atoms with E-state index in [1.807, 2.05) is 50.2 Å². The Bertz CT molecular complexity index is 1270. The Morgan fingerprint density at radius 3 is 2.42 bits per heavy atom. The lowest BCUT2D eigenvalue weighted by molar-refractivity contribution is 0.0945. The van der Waals surface area contributed by atoms with Gasteiger partial charge in [0.25, 0.3) is 5.91 Å². The molecule has 0 aliphatic carbocycles. The molecule has 10 heteroatoms. The second-order valence-electron chi connectivity index (χ2n) is 7.27. The lowest BCUT2D eigenvalue weighted by Crippen LogP contribution is -2.24. The molecule has 0 aliphatic heterocycles. The molecule has 2 heterocycles. The molecule has 0 aliphatic rings. The Morgan fingerprint density at radius 2 is 1.73 bits per heavy atom. The number of carbonyl (C=O) groups is 1. The Balaban J connectivity index is 1.62. The van der Waals surface area contributed by atoms with Crippen LogP contribution in [0.25, 0.3) is 5.69 Å². The molecule has 4 aromatic rings. The predicted octanol–water partition coefficient (Wildman–Crippen LogP) is 5.20. The maximum atomic E-state index is 13.0. The number of amides is 1. The third-order valence-electron chi connectivity index (χ3n) is 4.75. The van der Waals surface area contributed by atoms with Gasteiger partial charge in [-0.25, -0.2) is 14.6 Å². The number of halogens is 2. The highest BCUT2D eigenvalue weighted by molar-refractivity contribution is 7.98. The molecule has 0 bridgehead atoms. The van der Waals surface area contributed by atoms with E-state index in [0.717, 1.165) is 22.6 Å². The number of rotatable bonds is 7. The van der Waals surface area contributed by atoms with Crippen LogP contribution in [-0.4, -0.2) is 30.9 Å². The highest BCUT2D eigenvalue weighted by Gasteiger charge is 2.21. The number of carbonyl (C=O) groups excluding carboxylic acids is 1. The summed E-state index contributed by atoms with van der Waals surface area (Å²) < 4.78 is 1.64. The first-order valence-electron chi connectivity index (χ1n) is 10.1. The van der Waals surface area contributed by atoms with Crippen molar-refractivity contribution in [3.63, 3.8) is 0 Å². The molecule has 0 saturated carbocycles. The molecule has 2 aromatic carbocycles. The Morgan fingerprint density at radius 1 is 1.03 bits per heavy atom. The molecule has 0 atom stereocenters. The van der Waals surface area contributed by atoms with Crippen LogP contribution in [0, 0.1) is 13.8 Å². The predicted molar refractivity (Wildman–Crippen MR) is 130 cm³/mol. The van der Waals surface area contributed by atoms with Crippen molar-refractivity contribution in [1.29, 1.82) is 0 Å². The summed E-state index contributed by atoms with van der Waals surface area (Å²) in [5.41, 5.74) is 4.18. The number of aryl methyl sites for hydroxylation is 2. The number of thioether (sulfide) groups is 1. The Hall–Kier alpha value is -2.94. The van der Waals surface area contributed by atoms with Crippen molar-refractivity contribution in [3.05, 3.63) is 93.0 Å². The quantitative estimate of drug-likeness (QED) is 0.278. The molecule has 1 amide bonds. The molecule has 33 heavy (non-hydrogen) atoms. The van der Waals surface area contributed by atoms with Gasteiger partial charge in [0, 0.05) is 33.7 Å². The van der Waals surface area contributed by atoms with E-state index in [1.165, 1.54) is 11.8 Å². The van der Waals surface area contributed by atoms with Gasteiger partial charge in [0.2, 0.25) is 0 Å². The van der Waals surface area contributed by atoms with Crippen molar-refractivity contribution in [2.75, 3.05) is 0 Å². The first-order chi connectivity index (χ1) is 15.9. The van der Waals surface area contributed by atoms with Gasteiger partial charge in [-0.2, -0.15) is 0 Å². The van der Waals surface area contributed by atoms with Gasteiger partial charge < -0.3 is 5.32 Å². The first kappa shape index (κ1) is 23.2. The summed E-state index contributed by atoms with van der Waals surface area (Å²) in [6.45, 7) is 4.12. The van der Waals surface area contributed by atoms with Gasteiger partial charge in [0.05, 0.1) is 11.4 Å². The topological polar surface area (TPSA) is 85.6 Å². The van der Waals surface area contributed by atoms with Crippen LogP contribution in [0.15, 0.2) is 59.8 Å². The number of benzene rings is 2. The standard InChI is InChI=1S/C23H20Cl2N6OS/c1-14-11-15(2)28-23(27-14)33-13-20-21(22(32)26-12-16-5-3-4-6-19(16)25)29-30-31(20)18-9-7-17(24)8-10-18/h3-11H,12-13H2,1-2H3,(H,26,32). The minimum atomic E-state index is -0.341. The van der Waals surface area contributed by atoms with Crippen molar-refractivity contribution >= 4 is 40.9 Å². The van der Waals surface area contributed by atoms with E-state index >= 15 is 0 Å². The van der Waals surface area contributed by atoms with Crippen LogP contribution in [-0.2, 0) is 12.3 Å². The molecule has 2 aromatic heterocycles. The van der Waals surface area contributed by atoms with E-state index in [4.69, 9.17) is 23.2 Å². The highest BCUT2D eigenvalue weighted by atomic mass is 35.5. The minimum Gasteiger partial charge on any atom is -0.346 e. The van der Waals surface area contributed by atoms with Gasteiger partial charge in [-0.1, -0.05) is 58.4 Å². The van der Waals surface area contributed by atoms with Crippen LogP contribution >= 0.6 is 35.0 Å². The zero-order valence-electron chi connectivity index (χ0n) is 17.9. The summed E-state index contributed by atoms with van der Waals surface area (Å²) in [7, 11) is 0. The van der Waals surface area contributed by atoms with Crippen molar-refractivity contribution < 1.29 is 4.79 Å². The smallest absolute Gasteiger partial charge is 0.274 e. The molecule has 168 valence electrons. The van der Waals surface area contributed by atoms with Gasteiger partial charge in [0.15, 0.2) is 10.9 Å². The lowest BCUT2D eigenvalue weighted by Gasteiger charge is -2.09.